The summed E-state index contributed by atoms with van der Waals surface area (Å²) >= 11 is 0. The lowest BCUT2D eigenvalue weighted by Gasteiger charge is -2.33. The topological polar surface area (TPSA) is 80.5 Å². The van der Waals surface area contributed by atoms with Crippen LogP contribution >= 0.6 is 0 Å². The molecule has 1 aromatic heterocycles. The van der Waals surface area contributed by atoms with Crippen LogP contribution in [-0.2, 0) is 6.18 Å². The highest BCUT2D eigenvalue weighted by Gasteiger charge is 2.31. The number of methoxy groups -OCH3 is 1. The molecule has 1 saturated heterocycles. The molecule has 7 nitrogen and oxygen atoms in total. The van der Waals surface area contributed by atoms with Crippen LogP contribution in [0.1, 0.15) is 18.4 Å². The number of hydrogen-bond donors (Lipinski definition) is 1. The number of halogens is 3. The Morgan fingerprint density at radius 2 is 1.96 bits per heavy atom. The van der Waals surface area contributed by atoms with Crippen molar-refractivity contribution in [3.05, 3.63) is 52.2 Å². The van der Waals surface area contributed by atoms with Crippen molar-refractivity contribution in [1.82, 2.24) is 4.98 Å². The number of pyridine rings is 1. The predicted octanol–water partition coefficient (Wildman–Crippen LogP) is 4.10. The third-order valence-corrected chi connectivity index (χ3v) is 4.64. The Morgan fingerprint density at radius 1 is 1.25 bits per heavy atom. The molecule has 0 amide bonds. The normalized spacial score (nSPS) is 15.4. The molecule has 2 aromatic rings. The van der Waals surface area contributed by atoms with Crippen LogP contribution in [0, 0.1) is 10.1 Å². The fourth-order valence-corrected chi connectivity index (χ4v) is 3.15. The van der Waals surface area contributed by atoms with Crippen LogP contribution in [0.5, 0.6) is 5.75 Å². The lowest BCUT2D eigenvalue weighted by molar-refractivity contribution is -0.385. The summed E-state index contributed by atoms with van der Waals surface area (Å²) in [6, 6.07) is 7.17. The number of anilines is 2. The van der Waals surface area contributed by atoms with Gasteiger partial charge in [-0.05, 0) is 31.0 Å². The number of aromatic nitrogens is 1. The Kier molecular flexibility index (Phi) is 5.57. The molecule has 0 aliphatic carbocycles. The average molecular weight is 396 g/mol. The van der Waals surface area contributed by atoms with Crippen molar-refractivity contribution >= 4 is 17.2 Å². The molecule has 3 rings (SSSR count). The molecule has 0 atom stereocenters. The van der Waals surface area contributed by atoms with Gasteiger partial charge < -0.3 is 15.0 Å². The predicted molar refractivity (Wildman–Crippen MR) is 97.7 cm³/mol. The summed E-state index contributed by atoms with van der Waals surface area (Å²) in [5.74, 6) is 0.699. The molecular weight excluding hydrogens is 377 g/mol. The second kappa shape index (κ2) is 7.91. The average Bonchev–Trinajstić information content (AvgIpc) is 2.67. The molecule has 150 valence electrons. The molecular formula is C18H19F3N4O3. The van der Waals surface area contributed by atoms with Gasteiger partial charge in [0, 0.05) is 43.1 Å². The molecule has 1 aliphatic heterocycles. The van der Waals surface area contributed by atoms with Crippen LogP contribution < -0.4 is 15.0 Å². The van der Waals surface area contributed by atoms with E-state index in [9.17, 15) is 23.3 Å². The highest BCUT2D eigenvalue weighted by atomic mass is 19.4. The maximum Gasteiger partial charge on any atom is 0.417 e. The first-order valence-electron chi connectivity index (χ1n) is 8.65. The molecule has 1 aromatic carbocycles. The zero-order valence-corrected chi connectivity index (χ0v) is 15.1. The van der Waals surface area contributed by atoms with Gasteiger partial charge >= 0.3 is 11.9 Å². The van der Waals surface area contributed by atoms with Gasteiger partial charge in [-0.1, -0.05) is 0 Å². The van der Waals surface area contributed by atoms with Crippen molar-refractivity contribution in [2.45, 2.75) is 25.1 Å². The summed E-state index contributed by atoms with van der Waals surface area (Å²) in [4.78, 5) is 16.3. The Bertz CT molecular complexity index is 835. The number of piperidine rings is 1. The molecule has 1 aliphatic rings. The standard InChI is InChI=1S/C18H19F3N4O3/c1-28-16-10-14(3-4-15(16)25(26)27)23-13-6-8-24(9-7-13)17-5-2-12(11-22-17)18(19,20)21/h2-5,10-11,13,23H,6-9H2,1H3. The number of nitro benzene ring substituents is 1. The van der Waals surface area contributed by atoms with E-state index in [0.717, 1.165) is 25.1 Å². The number of benzene rings is 1. The fourth-order valence-electron chi connectivity index (χ4n) is 3.15. The Labute approximate surface area is 159 Å². The summed E-state index contributed by atoms with van der Waals surface area (Å²) in [6.45, 7) is 1.28. The van der Waals surface area contributed by atoms with Crippen molar-refractivity contribution in [3.8, 4) is 5.75 Å². The molecule has 0 spiro atoms. The zero-order chi connectivity index (χ0) is 20.3. The van der Waals surface area contributed by atoms with Crippen LogP contribution in [0.15, 0.2) is 36.5 Å². The van der Waals surface area contributed by atoms with E-state index < -0.39 is 16.7 Å². The molecule has 28 heavy (non-hydrogen) atoms. The van der Waals surface area contributed by atoms with Gasteiger partial charge in [0.05, 0.1) is 17.6 Å². The number of nitrogens with one attached hydrogen (secondary N) is 1. The molecule has 2 heterocycles. The number of hydrogen-bond acceptors (Lipinski definition) is 6. The summed E-state index contributed by atoms with van der Waals surface area (Å²) in [7, 11) is 1.38. The van der Waals surface area contributed by atoms with Gasteiger partial charge in [0.2, 0.25) is 0 Å². The van der Waals surface area contributed by atoms with Gasteiger partial charge in [-0.3, -0.25) is 10.1 Å². The van der Waals surface area contributed by atoms with Crippen molar-refractivity contribution in [3.63, 3.8) is 0 Å². The number of nitro groups is 1. The highest BCUT2D eigenvalue weighted by Crippen LogP contribution is 2.32. The van der Waals surface area contributed by atoms with Crippen molar-refractivity contribution in [1.29, 1.82) is 0 Å². The third-order valence-electron chi connectivity index (χ3n) is 4.64. The molecule has 0 unspecified atom stereocenters. The number of rotatable bonds is 5. The second-order valence-electron chi connectivity index (χ2n) is 6.45. The minimum Gasteiger partial charge on any atom is -0.490 e. The number of alkyl halides is 3. The molecule has 10 heteroatoms. The van der Waals surface area contributed by atoms with Crippen LogP contribution in [-0.4, -0.2) is 36.1 Å². The lowest BCUT2D eigenvalue weighted by atomic mass is 10.0. The van der Waals surface area contributed by atoms with E-state index >= 15 is 0 Å². The lowest BCUT2D eigenvalue weighted by Crippen LogP contribution is -2.39. The number of ether oxygens (including phenoxy) is 1. The molecule has 0 radical (unpaired) electrons. The van der Waals surface area contributed by atoms with E-state index in [-0.39, 0.29) is 17.5 Å². The largest absolute Gasteiger partial charge is 0.490 e. The number of nitrogens with zero attached hydrogens (tertiary/aromatic N) is 3. The molecule has 1 fully saturated rings. The fraction of sp³-hybridized carbons (Fsp3) is 0.389. The molecule has 0 saturated carbocycles. The first kappa shape index (κ1) is 19.7. The minimum atomic E-state index is -4.39. The quantitative estimate of drug-likeness (QED) is 0.606. The molecule has 1 N–H and O–H groups in total. The highest BCUT2D eigenvalue weighted by molar-refractivity contribution is 5.58. The maximum absolute atomic E-state index is 12.6. The van der Waals surface area contributed by atoms with E-state index in [4.69, 9.17) is 4.74 Å². The van der Waals surface area contributed by atoms with Crippen LogP contribution in [0.4, 0.5) is 30.4 Å². The summed E-state index contributed by atoms with van der Waals surface area (Å²) < 4.78 is 43.0. The van der Waals surface area contributed by atoms with Gasteiger partial charge in [-0.15, -0.1) is 0 Å². The van der Waals surface area contributed by atoms with Crippen molar-refractivity contribution in [2.75, 3.05) is 30.4 Å². The van der Waals surface area contributed by atoms with E-state index in [1.807, 2.05) is 4.90 Å². The summed E-state index contributed by atoms with van der Waals surface area (Å²) in [5, 5.41) is 14.3. The van der Waals surface area contributed by atoms with E-state index in [2.05, 4.69) is 10.3 Å². The van der Waals surface area contributed by atoms with Crippen LogP contribution in [0.25, 0.3) is 0 Å². The van der Waals surface area contributed by atoms with E-state index in [1.165, 1.54) is 19.2 Å². The Morgan fingerprint density at radius 3 is 2.50 bits per heavy atom. The van der Waals surface area contributed by atoms with Crippen molar-refractivity contribution in [2.24, 2.45) is 0 Å². The van der Waals surface area contributed by atoms with Gasteiger partial charge in [0.15, 0.2) is 5.75 Å². The first-order chi connectivity index (χ1) is 13.3. The van der Waals surface area contributed by atoms with Gasteiger partial charge in [-0.2, -0.15) is 13.2 Å². The monoisotopic (exact) mass is 396 g/mol. The maximum atomic E-state index is 12.6. The summed E-state index contributed by atoms with van der Waals surface area (Å²) in [5.41, 5.74) is -0.148. The Hall–Kier alpha value is -3.04. The van der Waals surface area contributed by atoms with E-state index in [1.54, 1.807) is 12.1 Å². The van der Waals surface area contributed by atoms with E-state index in [0.29, 0.717) is 24.6 Å². The van der Waals surface area contributed by atoms with Gasteiger partial charge in [-0.25, -0.2) is 4.98 Å². The second-order valence-corrected chi connectivity index (χ2v) is 6.45. The van der Waals surface area contributed by atoms with Crippen LogP contribution in [0.3, 0.4) is 0 Å². The smallest absolute Gasteiger partial charge is 0.417 e. The first-order valence-corrected chi connectivity index (χ1v) is 8.65. The third kappa shape index (κ3) is 4.44. The van der Waals surface area contributed by atoms with Crippen LogP contribution in [0.2, 0.25) is 0 Å². The minimum absolute atomic E-state index is 0.101. The summed E-state index contributed by atoms with van der Waals surface area (Å²) in [6.07, 6.45) is -2.04. The molecule has 0 bridgehead atoms. The van der Waals surface area contributed by atoms with Crippen molar-refractivity contribution < 1.29 is 22.8 Å². The van der Waals surface area contributed by atoms with Gasteiger partial charge in [0.25, 0.3) is 0 Å². The van der Waals surface area contributed by atoms with Gasteiger partial charge in [0.1, 0.15) is 5.82 Å². The zero-order valence-electron chi connectivity index (χ0n) is 15.1. The Balaban J connectivity index is 1.59. The SMILES string of the molecule is COc1cc(NC2CCN(c3ccc(C(F)(F)F)cn3)CC2)ccc1[N+](=O)[O-].